The summed E-state index contributed by atoms with van der Waals surface area (Å²) in [5.74, 6) is 0.00871. The van der Waals surface area contributed by atoms with E-state index in [0.717, 1.165) is 10.4 Å². The first-order chi connectivity index (χ1) is 21.0. The van der Waals surface area contributed by atoms with E-state index in [4.69, 9.17) is 9.47 Å². The fourth-order valence-electron chi connectivity index (χ4n) is 4.60. The van der Waals surface area contributed by atoms with Crippen molar-refractivity contribution in [3.8, 4) is 11.5 Å². The van der Waals surface area contributed by atoms with Crippen LogP contribution in [0.1, 0.15) is 37.8 Å². The average molecular weight is 627 g/mol. The second-order valence-electron chi connectivity index (χ2n) is 10.0. The molecule has 0 bridgehead atoms. The molecule has 12 nitrogen and oxygen atoms in total. The van der Waals surface area contributed by atoms with Gasteiger partial charge in [-0.2, -0.15) is 0 Å². The summed E-state index contributed by atoms with van der Waals surface area (Å²) in [6, 6.07) is 15.7. The molecule has 0 saturated carbocycles. The molecular weight excluding hydrogens is 588 g/mol. The highest BCUT2D eigenvalue weighted by molar-refractivity contribution is 7.92. The van der Waals surface area contributed by atoms with Crippen molar-refractivity contribution in [2.75, 3.05) is 31.6 Å². The van der Waals surface area contributed by atoms with Crippen molar-refractivity contribution < 1.29 is 32.4 Å². The Kier molecular flexibility index (Phi) is 11.7. The van der Waals surface area contributed by atoms with Crippen LogP contribution < -0.4 is 19.1 Å². The SMILES string of the molecule is CCCNC(=O)[C@H](CC)N(Cc1cccc(OC)c1)C(=O)CN(c1ccc(OC)cc1)S(=O)(=O)c1ccc(C)c([N+](=O)[O-])c1. The number of nitrogens with zero attached hydrogens (tertiary/aromatic N) is 3. The number of anilines is 1. The van der Waals surface area contributed by atoms with E-state index >= 15 is 0 Å². The summed E-state index contributed by atoms with van der Waals surface area (Å²) in [5.41, 5.74) is 0.722. The molecule has 3 rings (SSSR count). The lowest BCUT2D eigenvalue weighted by Crippen LogP contribution is -2.52. The van der Waals surface area contributed by atoms with E-state index in [1.807, 2.05) is 6.92 Å². The summed E-state index contributed by atoms with van der Waals surface area (Å²) in [6.45, 7) is 4.91. The molecule has 0 fully saturated rings. The normalized spacial score (nSPS) is 11.8. The van der Waals surface area contributed by atoms with Crippen molar-refractivity contribution in [3.63, 3.8) is 0 Å². The van der Waals surface area contributed by atoms with E-state index in [-0.39, 0.29) is 40.7 Å². The van der Waals surface area contributed by atoms with Gasteiger partial charge in [-0.3, -0.25) is 24.0 Å². The molecular formula is C31H38N4O8S. The van der Waals surface area contributed by atoms with Crippen LogP contribution in [0.25, 0.3) is 0 Å². The van der Waals surface area contributed by atoms with Gasteiger partial charge in [0, 0.05) is 24.7 Å². The minimum Gasteiger partial charge on any atom is -0.497 e. The first kappa shape index (κ1) is 33.8. The number of nitro benzene ring substituents is 1. The first-order valence-electron chi connectivity index (χ1n) is 14.1. The number of hydrogen-bond donors (Lipinski definition) is 1. The molecule has 0 aliphatic carbocycles. The third kappa shape index (κ3) is 8.04. The Bertz CT molecular complexity index is 1580. The Morgan fingerprint density at radius 3 is 2.25 bits per heavy atom. The van der Waals surface area contributed by atoms with E-state index in [1.54, 1.807) is 43.3 Å². The van der Waals surface area contributed by atoms with Gasteiger partial charge >= 0.3 is 0 Å². The van der Waals surface area contributed by atoms with Crippen molar-refractivity contribution >= 4 is 33.2 Å². The molecule has 2 amide bonds. The number of aryl methyl sites for hydroxylation is 1. The van der Waals surface area contributed by atoms with Crippen molar-refractivity contribution in [3.05, 3.63) is 88.0 Å². The number of amides is 2. The molecule has 13 heteroatoms. The van der Waals surface area contributed by atoms with Crippen LogP contribution in [0.2, 0.25) is 0 Å². The second kappa shape index (κ2) is 15.2. The first-order valence-corrected chi connectivity index (χ1v) is 15.5. The molecule has 0 aromatic heterocycles. The third-order valence-corrected chi connectivity index (χ3v) is 8.80. The number of sulfonamides is 1. The van der Waals surface area contributed by atoms with Gasteiger partial charge in [-0.1, -0.05) is 32.0 Å². The highest BCUT2D eigenvalue weighted by Gasteiger charge is 2.34. The van der Waals surface area contributed by atoms with Crippen LogP contribution in [0.5, 0.6) is 11.5 Å². The molecule has 0 heterocycles. The molecule has 0 aliphatic heterocycles. The number of rotatable bonds is 15. The van der Waals surface area contributed by atoms with Crippen LogP contribution in [0, 0.1) is 17.0 Å². The molecule has 0 radical (unpaired) electrons. The van der Waals surface area contributed by atoms with Crippen molar-refractivity contribution in [1.29, 1.82) is 0 Å². The lowest BCUT2D eigenvalue weighted by molar-refractivity contribution is -0.385. The topological polar surface area (TPSA) is 148 Å². The number of methoxy groups -OCH3 is 2. The fourth-order valence-corrected chi connectivity index (χ4v) is 6.04. The lowest BCUT2D eigenvalue weighted by Gasteiger charge is -2.33. The van der Waals surface area contributed by atoms with E-state index in [1.165, 1.54) is 50.3 Å². The second-order valence-corrected chi connectivity index (χ2v) is 11.9. The number of carbonyl (C=O) groups excluding carboxylic acids is 2. The molecule has 44 heavy (non-hydrogen) atoms. The van der Waals surface area contributed by atoms with Gasteiger partial charge in [0.1, 0.15) is 24.1 Å². The highest BCUT2D eigenvalue weighted by Crippen LogP contribution is 2.30. The van der Waals surface area contributed by atoms with Gasteiger partial charge in [-0.15, -0.1) is 0 Å². The molecule has 1 atom stereocenters. The maximum absolute atomic E-state index is 14.2. The van der Waals surface area contributed by atoms with Crippen LogP contribution in [0.4, 0.5) is 11.4 Å². The highest BCUT2D eigenvalue weighted by atomic mass is 32.2. The van der Waals surface area contributed by atoms with Gasteiger partial charge in [-0.05, 0) is 67.8 Å². The zero-order valence-electron chi connectivity index (χ0n) is 25.5. The summed E-state index contributed by atoms with van der Waals surface area (Å²) in [5, 5.41) is 14.5. The molecule has 236 valence electrons. The summed E-state index contributed by atoms with van der Waals surface area (Å²) in [4.78, 5) is 39.4. The summed E-state index contributed by atoms with van der Waals surface area (Å²) in [6.07, 6.45) is 0.961. The average Bonchev–Trinajstić information content (AvgIpc) is 3.02. The smallest absolute Gasteiger partial charge is 0.273 e. The molecule has 0 aliphatic rings. The van der Waals surface area contributed by atoms with Crippen LogP contribution in [-0.4, -0.2) is 63.4 Å². The van der Waals surface area contributed by atoms with Crippen molar-refractivity contribution in [2.24, 2.45) is 0 Å². The standard InChI is InChI=1S/C31H38N4O8S/c1-6-17-32-31(37)28(7-2)33(20-23-9-8-10-26(18-23)43-5)30(36)21-34(24-12-14-25(42-4)15-13-24)44(40,41)27-16-11-22(3)29(19-27)35(38)39/h8-16,18-19,28H,6-7,17,20-21H2,1-5H3,(H,32,37)/t28-/m0/s1. The molecule has 0 spiro atoms. The number of benzene rings is 3. The van der Waals surface area contributed by atoms with E-state index < -0.39 is 33.4 Å². The van der Waals surface area contributed by atoms with Gasteiger partial charge in [-0.25, -0.2) is 8.42 Å². The maximum atomic E-state index is 14.2. The summed E-state index contributed by atoms with van der Waals surface area (Å²) < 4.78 is 39.6. The monoisotopic (exact) mass is 626 g/mol. The molecule has 1 N–H and O–H groups in total. The van der Waals surface area contributed by atoms with Crippen LogP contribution in [0.15, 0.2) is 71.6 Å². The Hall–Kier alpha value is -4.65. The van der Waals surface area contributed by atoms with Gasteiger partial charge in [0.25, 0.3) is 15.7 Å². The molecule has 0 unspecified atom stereocenters. The van der Waals surface area contributed by atoms with E-state index in [2.05, 4.69) is 5.32 Å². The minimum atomic E-state index is -4.51. The Balaban J connectivity index is 2.12. The molecule has 0 saturated heterocycles. The number of hydrogen-bond acceptors (Lipinski definition) is 8. The van der Waals surface area contributed by atoms with Gasteiger partial charge in [0.05, 0.1) is 29.7 Å². The minimum absolute atomic E-state index is 0.000584. The fraction of sp³-hybridized carbons (Fsp3) is 0.355. The third-order valence-electron chi connectivity index (χ3n) is 7.03. The van der Waals surface area contributed by atoms with E-state index in [0.29, 0.717) is 30.0 Å². The van der Waals surface area contributed by atoms with Gasteiger partial charge in [0.2, 0.25) is 11.8 Å². The largest absolute Gasteiger partial charge is 0.497 e. The lowest BCUT2D eigenvalue weighted by atomic mass is 10.1. The van der Waals surface area contributed by atoms with Gasteiger partial charge < -0.3 is 19.7 Å². The van der Waals surface area contributed by atoms with Crippen LogP contribution in [0.3, 0.4) is 0 Å². The van der Waals surface area contributed by atoms with Crippen molar-refractivity contribution in [1.82, 2.24) is 10.2 Å². The Morgan fingerprint density at radius 1 is 0.977 bits per heavy atom. The number of nitro groups is 1. The summed E-state index contributed by atoms with van der Waals surface area (Å²) >= 11 is 0. The van der Waals surface area contributed by atoms with E-state index in [9.17, 15) is 28.1 Å². The number of nitrogens with one attached hydrogen (secondary N) is 1. The Morgan fingerprint density at radius 2 is 1.66 bits per heavy atom. The predicted molar refractivity (Wildman–Crippen MR) is 166 cm³/mol. The molecule has 3 aromatic rings. The van der Waals surface area contributed by atoms with Crippen molar-refractivity contribution in [2.45, 2.75) is 51.1 Å². The Labute approximate surface area is 257 Å². The maximum Gasteiger partial charge on any atom is 0.273 e. The van der Waals surface area contributed by atoms with Gasteiger partial charge in [0.15, 0.2) is 0 Å². The zero-order chi connectivity index (χ0) is 32.4. The molecule has 3 aromatic carbocycles. The number of ether oxygens (including phenoxy) is 2. The van der Waals surface area contributed by atoms with Crippen LogP contribution in [-0.2, 0) is 26.2 Å². The summed E-state index contributed by atoms with van der Waals surface area (Å²) in [7, 11) is -1.53. The number of carbonyl (C=O) groups is 2. The zero-order valence-corrected chi connectivity index (χ0v) is 26.3. The quantitative estimate of drug-likeness (QED) is 0.192. The predicted octanol–water partition coefficient (Wildman–Crippen LogP) is 4.45. The van der Waals surface area contributed by atoms with Crippen LogP contribution >= 0.6 is 0 Å².